The van der Waals surface area contributed by atoms with E-state index in [9.17, 15) is 0 Å². The maximum absolute atomic E-state index is 8.52. The van der Waals surface area contributed by atoms with Crippen LogP contribution < -0.4 is 5.32 Å². The second-order valence-corrected chi connectivity index (χ2v) is 2.84. The van der Waals surface area contributed by atoms with Gasteiger partial charge in [-0.25, -0.2) is 0 Å². The van der Waals surface area contributed by atoms with Crippen molar-refractivity contribution in [3.63, 3.8) is 0 Å². The first kappa shape index (κ1) is 10.1. The Hall–Kier alpha value is -0.940. The normalized spacial score (nSPS) is 10.6. The number of aliphatic hydroxyl groups is 1. The van der Waals surface area contributed by atoms with Gasteiger partial charge in [0.1, 0.15) is 0 Å². The number of hydrogen-bond acceptors (Lipinski definition) is 5. The Labute approximate surface area is 77.2 Å². The van der Waals surface area contributed by atoms with Crippen LogP contribution in [0.3, 0.4) is 0 Å². The summed E-state index contributed by atoms with van der Waals surface area (Å²) >= 11 is 0. The molecule has 0 atom stereocenters. The standard InChI is InChI=1S/C8H15N3O2/c1-7-10-8(11-13-7)6-9-4-2-3-5-12/h9,12H,2-6H2,1H3. The van der Waals surface area contributed by atoms with Gasteiger partial charge in [0.15, 0.2) is 5.82 Å². The monoisotopic (exact) mass is 185 g/mol. The summed E-state index contributed by atoms with van der Waals surface area (Å²) in [5.41, 5.74) is 0. The number of rotatable bonds is 6. The van der Waals surface area contributed by atoms with Gasteiger partial charge in [-0.15, -0.1) is 0 Å². The maximum atomic E-state index is 8.52. The lowest BCUT2D eigenvalue weighted by Crippen LogP contribution is -2.15. The molecule has 0 radical (unpaired) electrons. The van der Waals surface area contributed by atoms with E-state index in [4.69, 9.17) is 9.63 Å². The number of nitrogens with one attached hydrogen (secondary N) is 1. The van der Waals surface area contributed by atoms with Crippen molar-refractivity contribution in [3.05, 3.63) is 11.7 Å². The number of nitrogens with zero attached hydrogens (tertiary/aromatic N) is 2. The second-order valence-electron chi connectivity index (χ2n) is 2.84. The molecule has 13 heavy (non-hydrogen) atoms. The predicted octanol–water partition coefficient (Wildman–Crippen LogP) is 0.240. The third kappa shape index (κ3) is 4.00. The Bertz CT molecular complexity index is 237. The molecular weight excluding hydrogens is 170 g/mol. The number of aliphatic hydroxyl groups excluding tert-OH is 1. The molecule has 1 aromatic rings. The number of hydrogen-bond donors (Lipinski definition) is 2. The van der Waals surface area contributed by atoms with Crippen molar-refractivity contribution in [1.82, 2.24) is 15.5 Å². The predicted molar refractivity (Wildman–Crippen MR) is 47.1 cm³/mol. The van der Waals surface area contributed by atoms with Gasteiger partial charge in [0.05, 0.1) is 6.54 Å². The van der Waals surface area contributed by atoms with Crippen LogP contribution in [0.25, 0.3) is 0 Å². The zero-order chi connectivity index (χ0) is 9.52. The third-order valence-corrected chi connectivity index (χ3v) is 1.61. The first-order valence-corrected chi connectivity index (χ1v) is 4.43. The third-order valence-electron chi connectivity index (χ3n) is 1.61. The molecule has 0 unspecified atom stereocenters. The van der Waals surface area contributed by atoms with E-state index >= 15 is 0 Å². The van der Waals surface area contributed by atoms with Crippen LogP contribution in [0.1, 0.15) is 24.6 Å². The smallest absolute Gasteiger partial charge is 0.223 e. The average Bonchev–Trinajstić information content (AvgIpc) is 2.51. The van der Waals surface area contributed by atoms with Crippen molar-refractivity contribution >= 4 is 0 Å². The van der Waals surface area contributed by atoms with Gasteiger partial charge < -0.3 is 14.9 Å². The van der Waals surface area contributed by atoms with Gasteiger partial charge in [-0.1, -0.05) is 5.16 Å². The lowest BCUT2D eigenvalue weighted by molar-refractivity contribution is 0.283. The Morgan fingerprint density at radius 2 is 2.31 bits per heavy atom. The van der Waals surface area contributed by atoms with Crippen LogP contribution in [-0.4, -0.2) is 28.4 Å². The summed E-state index contributed by atoms with van der Waals surface area (Å²) in [6, 6.07) is 0. The topological polar surface area (TPSA) is 71.2 Å². The highest BCUT2D eigenvalue weighted by Gasteiger charge is 1.99. The van der Waals surface area contributed by atoms with Gasteiger partial charge in [-0.2, -0.15) is 4.98 Å². The molecule has 0 fully saturated rings. The van der Waals surface area contributed by atoms with Crippen LogP contribution in [0.5, 0.6) is 0 Å². The molecule has 0 saturated heterocycles. The highest BCUT2D eigenvalue weighted by Crippen LogP contribution is 1.94. The summed E-state index contributed by atoms with van der Waals surface area (Å²) in [7, 11) is 0. The molecular formula is C8H15N3O2. The molecule has 0 aliphatic carbocycles. The van der Waals surface area contributed by atoms with Crippen LogP contribution in [0, 0.1) is 6.92 Å². The molecule has 0 saturated carbocycles. The van der Waals surface area contributed by atoms with E-state index in [-0.39, 0.29) is 6.61 Å². The molecule has 1 rings (SSSR count). The molecule has 0 amide bonds. The lowest BCUT2D eigenvalue weighted by Gasteiger charge is -1.98. The zero-order valence-corrected chi connectivity index (χ0v) is 7.79. The van der Waals surface area contributed by atoms with Gasteiger partial charge in [-0.3, -0.25) is 0 Å². The molecule has 1 aromatic heterocycles. The van der Waals surface area contributed by atoms with Crippen molar-refractivity contribution < 1.29 is 9.63 Å². The van der Waals surface area contributed by atoms with Gasteiger partial charge in [0, 0.05) is 13.5 Å². The quantitative estimate of drug-likeness (QED) is 0.621. The Kier molecular flexibility index (Phi) is 4.42. The number of unbranched alkanes of at least 4 members (excludes halogenated alkanes) is 1. The average molecular weight is 185 g/mol. The maximum Gasteiger partial charge on any atom is 0.223 e. The zero-order valence-electron chi connectivity index (χ0n) is 7.79. The minimum Gasteiger partial charge on any atom is -0.396 e. The molecule has 74 valence electrons. The van der Waals surface area contributed by atoms with Crippen molar-refractivity contribution in [2.24, 2.45) is 0 Å². The minimum absolute atomic E-state index is 0.253. The Morgan fingerprint density at radius 1 is 1.46 bits per heavy atom. The van der Waals surface area contributed by atoms with E-state index in [2.05, 4.69) is 15.5 Å². The molecule has 0 spiro atoms. The fourth-order valence-electron chi connectivity index (χ4n) is 0.975. The van der Waals surface area contributed by atoms with Gasteiger partial charge in [0.25, 0.3) is 0 Å². The molecule has 0 aromatic carbocycles. The summed E-state index contributed by atoms with van der Waals surface area (Å²) in [4.78, 5) is 4.04. The Morgan fingerprint density at radius 3 is 2.92 bits per heavy atom. The van der Waals surface area contributed by atoms with E-state index in [0.717, 1.165) is 19.4 Å². The highest BCUT2D eigenvalue weighted by molar-refractivity contribution is 4.82. The van der Waals surface area contributed by atoms with Crippen molar-refractivity contribution in [2.75, 3.05) is 13.2 Å². The molecule has 0 aliphatic rings. The van der Waals surface area contributed by atoms with Gasteiger partial charge in [0.2, 0.25) is 5.89 Å². The van der Waals surface area contributed by atoms with Crippen LogP contribution >= 0.6 is 0 Å². The second kappa shape index (κ2) is 5.66. The fraction of sp³-hybridized carbons (Fsp3) is 0.750. The van der Waals surface area contributed by atoms with Crippen molar-refractivity contribution in [1.29, 1.82) is 0 Å². The summed E-state index contributed by atoms with van der Waals surface area (Å²) in [6.45, 7) is 3.52. The largest absolute Gasteiger partial charge is 0.396 e. The molecule has 0 aliphatic heterocycles. The SMILES string of the molecule is Cc1nc(CNCCCCO)no1. The molecule has 0 bridgehead atoms. The van der Waals surface area contributed by atoms with Gasteiger partial charge >= 0.3 is 0 Å². The van der Waals surface area contributed by atoms with Crippen molar-refractivity contribution in [2.45, 2.75) is 26.3 Å². The van der Waals surface area contributed by atoms with E-state index in [1.807, 2.05) is 0 Å². The van der Waals surface area contributed by atoms with E-state index < -0.39 is 0 Å². The minimum atomic E-state index is 0.253. The Balaban J connectivity index is 2.06. The lowest BCUT2D eigenvalue weighted by atomic mass is 10.3. The summed E-state index contributed by atoms with van der Waals surface area (Å²) in [5, 5.41) is 15.4. The van der Waals surface area contributed by atoms with Crippen LogP contribution in [0.2, 0.25) is 0 Å². The summed E-state index contributed by atoms with van der Waals surface area (Å²) in [6.07, 6.45) is 1.80. The molecule has 5 nitrogen and oxygen atoms in total. The van der Waals surface area contributed by atoms with Crippen LogP contribution in [0.15, 0.2) is 4.52 Å². The molecule has 1 heterocycles. The van der Waals surface area contributed by atoms with E-state index in [1.54, 1.807) is 6.92 Å². The summed E-state index contributed by atoms with van der Waals surface area (Å²) < 4.78 is 4.80. The number of aromatic nitrogens is 2. The van der Waals surface area contributed by atoms with Gasteiger partial charge in [-0.05, 0) is 19.4 Å². The number of aryl methyl sites for hydroxylation is 1. The summed E-state index contributed by atoms with van der Waals surface area (Å²) in [5.74, 6) is 1.27. The van der Waals surface area contributed by atoms with E-state index in [1.165, 1.54) is 0 Å². The molecule has 2 N–H and O–H groups in total. The van der Waals surface area contributed by atoms with Crippen molar-refractivity contribution in [3.8, 4) is 0 Å². The molecule has 5 heteroatoms. The van der Waals surface area contributed by atoms with E-state index in [0.29, 0.717) is 18.3 Å². The first-order chi connectivity index (χ1) is 6.33. The highest BCUT2D eigenvalue weighted by atomic mass is 16.5. The van der Waals surface area contributed by atoms with Crippen LogP contribution in [0.4, 0.5) is 0 Å². The first-order valence-electron chi connectivity index (χ1n) is 4.43. The van der Waals surface area contributed by atoms with Crippen LogP contribution in [-0.2, 0) is 6.54 Å². The fourth-order valence-corrected chi connectivity index (χ4v) is 0.975.